The number of anilines is 2. The van der Waals surface area contributed by atoms with Crippen LogP contribution >= 0.6 is 11.3 Å². The SMILES string of the molecule is Cc1c(Cc2nc3ccccc3s2)nnc2c1CCCN2c1ccc(-c2cnn(CC34CC5(C)CC(C)(CC(CCCN6CCNCC6)(C5)C3)C4)c2C)c(C(=O)O)n1. The standard InChI is InChI=1S/C46H57N9O2S/c1-30-32-9-7-18-54(41(32)52-51-36(30)21-39-49-35-10-5-6-11-37(35)58-39)38-13-12-33(40(50-38)42(56)57)34-22-48-55(31(34)2)29-46-26-43(3)23-44(4,27-46)25-45(24-43,28-46)14-8-17-53-19-15-47-16-20-53/h5-6,10-13,22,47H,7-9,14-21,23-29H2,1-4H3,(H,56,57). The van der Waals surface area contributed by atoms with Crippen molar-refractivity contribution in [1.29, 1.82) is 0 Å². The molecule has 2 unspecified atom stereocenters. The molecule has 0 spiro atoms. The Hall–Kier alpha value is -4.26. The number of nitrogens with one attached hydrogen (secondary N) is 1. The highest BCUT2D eigenvalue weighted by Gasteiger charge is 2.65. The fourth-order valence-electron chi connectivity index (χ4n) is 13.6. The number of aromatic nitrogens is 6. The van der Waals surface area contributed by atoms with Gasteiger partial charge in [0.1, 0.15) is 5.82 Å². The first kappa shape index (κ1) is 38.0. The van der Waals surface area contributed by atoms with E-state index in [9.17, 15) is 9.90 Å². The number of carboxylic acid groups (broad SMARTS) is 1. The van der Waals surface area contributed by atoms with Crippen molar-refractivity contribution >= 4 is 39.2 Å². The van der Waals surface area contributed by atoms with Gasteiger partial charge in [-0.2, -0.15) is 10.2 Å². The van der Waals surface area contributed by atoms with Gasteiger partial charge in [0.25, 0.3) is 0 Å². The molecule has 0 amide bonds. The number of piperazine rings is 1. The van der Waals surface area contributed by atoms with E-state index in [1.807, 2.05) is 41.4 Å². The van der Waals surface area contributed by atoms with Gasteiger partial charge in [-0.15, -0.1) is 16.4 Å². The van der Waals surface area contributed by atoms with Crippen molar-refractivity contribution in [3.8, 4) is 11.1 Å². The third-order valence-corrected chi connectivity index (χ3v) is 15.6. The number of benzene rings is 1. The zero-order valence-corrected chi connectivity index (χ0v) is 35.4. The Morgan fingerprint density at radius 3 is 2.45 bits per heavy atom. The van der Waals surface area contributed by atoms with Crippen LogP contribution in [0, 0.1) is 35.5 Å². The average molecular weight is 800 g/mol. The smallest absolute Gasteiger partial charge is 0.355 e. The summed E-state index contributed by atoms with van der Waals surface area (Å²) >= 11 is 1.70. The zero-order chi connectivity index (χ0) is 39.9. The number of para-hydroxylation sites is 1. The maximum absolute atomic E-state index is 13.0. The molecule has 11 nitrogen and oxygen atoms in total. The predicted octanol–water partition coefficient (Wildman–Crippen LogP) is 8.39. The molecule has 2 atom stereocenters. The molecule has 0 radical (unpaired) electrons. The van der Waals surface area contributed by atoms with E-state index in [-0.39, 0.29) is 11.1 Å². The minimum Gasteiger partial charge on any atom is -0.476 e. The third kappa shape index (κ3) is 6.82. The fraction of sp³-hybridized carbons (Fsp3) is 0.565. The first-order valence-electron chi connectivity index (χ1n) is 21.6. The Morgan fingerprint density at radius 1 is 0.897 bits per heavy atom. The second-order valence-electron chi connectivity index (χ2n) is 19.6. The lowest BCUT2D eigenvalue weighted by molar-refractivity contribution is -0.198. The monoisotopic (exact) mass is 799 g/mol. The van der Waals surface area contributed by atoms with Crippen molar-refractivity contribution in [2.75, 3.05) is 44.2 Å². The van der Waals surface area contributed by atoms with Crippen molar-refractivity contribution in [3.05, 3.63) is 75.8 Å². The van der Waals surface area contributed by atoms with Gasteiger partial charge in [0.2, 0.25) is 0 Å². The molecular weight excluding hydrogens is 743 g/mol. The van der Waals surface area contributed by atoms with E-state index in [4.69, 9.17) is 25.3 Å². The predicted molar refractivity (Wildman–Crippen MR) is 229 cm³/mol. The summed E-state index contributed by atoms with van der Waals surface area (Å²) in [7, 11) is 0. The third-order valence-electron chi connectivity index (χ3n) is 14.6. The summed E-state index contributed by atoms with van der Waals surface area (Å²) in [6.07, 6.45) is 14.8. The normalized spacial score (nSPS) is 28.0. The van der Waals surface area contributed by atoms with Gasteiger partial charge in [0.05, 0.1) is 27.1 Å². The number of hydrogen-bond acceptors (Lipinski definition) is 10. The van der Waals surface area contributed by atoms with Crippen LogP contribution in [0.3, 0.4) is 0 Å². The molecule has 5 aromatic rings. The van der Waals surface area contributed by atoms with Gasteiger partial charge in [-0.05, 0) is 136 Å². The summed E-state index contributed by atoms with van der Waals surface area (Å²) in [4.78, 5) is 27.3. The molecule has 5 fully saturated rings. The van der Waals surface area contributed by atoms with Crippen LogP contribution in [0.4, 0.5) is 11.6 Å². The number of pyridine rings is 1. The van der Waals surface area contributed by atoms with E-state index in [0.717, 1.165) is 76.9 Å². The van der Waals surface area contributed by atoms with E-state index >= 15 is 0 Å². The number of aromatic carboxylic acids is 1. The first-order valence-corrected chi connectivity index (χ1v) is 22.4. The van der Waals surface area contributed by atoms with Crippen LogP contribution in [-0.2, 0) is 19.4 Å². The van der Waals surface area contributed by atoms with Crippen molar-refractivity contribution in [3.63, 3.8) is 0 Å². The summed E-state index contributed by atoms with van der Waals surface area (Å²) in [6, 6.07) is 12.1. The summed E-state index contributed by atoms with van der Waals surface area (Å²) < 4.78 is 3.37. The first-order chi connectivity index (χ1) is 27.9. The molecule has 58 heavy (non-hydrogen) atoms. The number of carboxylic acids is 1. The van der Waals surface area contributed by atoms with E-state index in [1.165, 1.54) is 75.7 Å². The van der Waals surface area contributed by atoms with Crippen molar-refractivity contribution in [2.24, 2.45) is 21.7 Å². The van der Waals surface area contributed by atoms with Crippen LogP contribution in [0.15, 0.2) is 42.6 Å². The lowest BCUT2D eigenvalue weighted by Crippen LogP contribution is -2.60. The molecular formula is C46H57N9O2S. The van der Waals surface area contributed by atoms with Crippen LogP contribution < -0.4 is 10.2 Å². The minimum absolute atomic E-state index is 0.0441. The number of thiazole rings is 1. The fourth-order valence-corrected chi connectivity index (χ4v) is 14.5. The van der Waals surface area contributed by atoms with Crippen molar-refractivity contribution < 1.29 is 9.90 Å². The van der Waals surface area contributed by atoms with Gasteiger partial charge in [0.15, 0.2) is 11.5 Å². The van der Waals surface area contributed by atoms with E-state index in [0.29, 0.717) is 40.6 Å². The minimum atomic E-state index is -1.04. The molecule has 6 heterocycles. The highest BCUT2D eigenvalue weighted by molar-refractivity contribution is 7.18. The summed E-state index contributed by atoms with van der Waals surface area (Å²) in [5, 5.41) is 29.6. The van der Waals surface area contributed by atoms with E-state index < -0.39 is 5.97 Å². The molecule has 12 heteroatoms. The molecule has 4 aliphatic carbocycles. The molecule has 1 saturated heterocycles. The molecule has 304 valence electrons. The Labute approximate surface area is 345 Å². The molecule has 11 rings (SSSR count). The summed E-state index contributed by atoms with van der Waals surface area (Å²) in [6.45, 7) is 16.7. The molecule has 4 aromatic heterocycles. The van der Waals surface area contributed by atoms with Crippen molar-refractivity contribution in [2.45, 2.75) is 105 Å². The Kier molecular flexibility index (Phi) is 9.29. The molecule has 2 aliphatic heterocycles. The lowest BCUT2D eigenvalue weighted by Gasteiger charge is -2.70. The number of carbonyl (C=O) groups is 1. The van der Waals surface area contributed by atoms with Crippen LogP contribution in [0.25, 0.3) is 21.3 Å². The zero-order valence-electron chi connectivity index (χ0n) is 34.6. The molecule has 1 aromatic carbocycles. The number of nitrogens with zero attached hydrogens (tertiary/aromatic N) is 8. The van der Waals surface area contributed by atoms with Gasteiger partial charge in [-0.3, -0.25) is 4.68 Å². The Morgan fingerprint density at radius 2 is 1.67 bits per heavy atom. The average Bonchev–Trinajstić information content (AvgIpc) is 3.76. The summed E-state index contributed by atoms with van der Waals surface area (Å²) in [5.74, 6) is 0.299. The second kappa shape index (κ2) is 14.2. The molecule has 6 aliphatic rings. The van der Waals surface area contributed by atoms with Crippen LogP contribution in [0.1, 0.15) is 110 Å². The largest absolute Gasteiger partial charge is 0.476 e. The summed E-state index contributed by atoms with van der Waals surface area (Å²) in [5.41, 5.74) is 8.06. The molecule has 4 bridgehead atoms. The highest BCUT2D eigenvalue weighted by atomic mass is 32.1. The van der Waals surface area contributed by atoms with Gasteiger partial charge in [0, 0.05) is 68.1 Å². The Bertz CT molecular complexity index is 2350. The highest BCUT2D eigenvalue weighted by Crippen LogP contribution is 2.75. The van der Waals surface area contributed by atoms with Gasteiger partial charge < -0.3 is 20.2 Å². The topological polar surface area (TPSA) is 125 Å². The van der Waals surface area contributed by atoms with E-state index in [1.54, 1.807) is 11.3 Å². The maximum Gasteiger partial charge on any atom is 0.355 e. The van der Waals surface area contributed by atoms with Crippen molar-refractivity contribution in [1.82, 2.24) is 40.2 Å². The lowest BCUT2D eigenvalue weighted by atomic mass is 9.35. The molecule has 2 N–H and O–H groups in total. The van der Waals surface area contributed by atoms with Crippen LogP contribution in [0.2, 0.25) is 0 Å². The van der Waals surface area contributed by atoms with Gasteiger partial charge in [-0.25, -0.2) is 14.8 Å². The van der Waals surface area contributed by atoms with Gasteiger partial charge in [-0.1, -0.05) is 26.0 Å². The number of rotatable bonds is 11. The molecule has 4 saturated carbocycles. The van der Waals surface area contributed by atoms with Crippen LogP contribution in [0.5, 0.6) is 0 Å². The maximum atomic E-state index is 13.0. The quantitative estimate of drug-likeness (QED) is 0.135. The van der Waals surface area contributed by atoms with Crippen LogP contribution in [-0.4, -0.2) is 85.2 Å². The number of fused-ring (bicyclic) bond motifs is 2. The van der Waals surface area contributed by atoms with Gasteiger partial charge >= 0.3 is 5.97 Å². The second-order valence-corrected chi connectivity index (χ2v) is 20.7. The number of hydrogen-bond donors (Lipinski definition) is 2. The van der Waals surface area contributed by atoms with E-state index in [2.05, 4.69) is 48.7 Å². The Balaban J connectivity index is 0.898.